The summed E-state index contributed by atoms with van der Waals surface area (Å²) in [5.74, 6) is 3.25. The third-order valence-corrected chi connectivity index (χ3v) is 3.20. The zero-order chi connectivity index (χ0) is 14.5. The fourth-order valence-electron chi connectivity index (χ4n) is 2.35. The average Bonchev–Trinajstić information content (AvgIpc) is 2.87. The molecule has 0 aliphatic rings. The Kier molecular flexibility index (Phi) is 4.71. The number of nitrogens with one attached hydrogen (secondary N) is 1. The van der Waals surface area contributed by atoms with Gasteiger partial charge in [-0.25, -0.2) is 15.0 Å². The van der Waals surface area contributed by atoms with Gasteiger partial charge in [0, 0.05) is 30.9 Å². The lowest BCUT2D eigenvalue weighted by Gasteiger charge is -2.17. The van der Waals surface area contributed by atoms with Gasteiger partial charge in [-0.15, -0.1) is 0 Å². The molecule has 2 aromatic heterocycles. The van der Waals surface area contributed by atoms with Gasteiger partial charge in [0.2, 0.25) is 0 Å². The van der Waals surface area contributed by atoms with Crippen molar-refractivity contribution in [3.05, 3.63) is 30.1 Å². The highest BCUT2D eigenvalue weighted by Crippen LogP contribution is 2.28. The summed E-state index contributed by atoms with van der Waals surface area (Å²) in [6, 6.07) is 0. The molecular formula is C15H23N5. The van der Waals surface area contributed by atoms with Gasteiger partial charge in [-0.2, -0.15) is 0 Å². The van der Waals surface area contributed by atoms with Crippen LogP contribution >= 0.6 is 0 Å². The topological polar surface area (TPSA) is 55.6 Å². The van der Waals surface area contributed by atoms with Crippen LogP contribution in [-0.2, 0) is 6.42 Å². The van der Waals surface area contributed by atoms with Crippen molar-refractivity contribution >= 4 is 5.82 Å². The van der Waals surface area contributed by atoms with Crippen LogP contribution < -0.4 is 5.32 Å². The van der Waals surface area contributed by atoms with Crippen molar-refractivity contribution < 1.29 is 0 Å². The van der Waals surface area contributed by atoms with E-state index in [-0.39, 0.29) is 0 Å². The monoisotopic (exact) mass is 273 g/mol. The highest BCUT2D eigenvalue weighted by Gasteiger charge is 2.17. The van der Waals surface area contributed by atoms with E-state index in [0.717, 1.165) is 42.4 Å². The zero-order valence-corrected chi connectivity index (χ0v) is 12.7. The van der Waals surface area contributed by atoms with Crippen LogP contribution in [0.4, 0.5) is 5.82 Å². The van der Waals surface area contributed by atoms with E-state index in [1.54, 1.807) is 6.33 Å². The van der Waals surface area contributed by atoms with Crippen molar-refractivity contribution in [2.45, 2.75) is 46.5 Å². The predicted molar refractivity (Wildman–Crippen MR) is 81.4 cm³/mol. The third kappa shape index (κ3) is 2.81. The molecule has 0 spiro atoms. The Morgan fingerprint density at radius 1 is 1.20 bits per heavy atom. The summed E-state index contributed by atoms with van der Waals surface area (Å²) in [6.45, 7) is 9.42. The van der Waals surface area contributed by atoms with Gasteiger partial charge in [0.15, 0.2) is 0 Å². The maximum Gasteiger partial charge on any atom is 0.147 e. The number of hydrogen-bond donors (Lipinski definition) is 1. The predicted octanol–water partition coefficient (Wildman–Crippen LogP) is 3.17. The Morgan fingerprint density at radius 3 is 2.65 bits per heavy atom. The second kappa shape index (κ2) is 6.50. The molecule has 0 radical (unpaired) electrons. The van der Waals surface area contributed by atoms with Crippen LogP contribution in [0, 0.1) is 0 Å². The fraction of sp³-hybridized carbons (Fsp3) is 0.533. The summed E-state index contributed by atoms with van der Waals surface area (Å²) in [7, 11) is 0. The fourth-order valence-corrected chi connectivity index (χ4v) is 2.35. The SMILES string of the molecule is CCCc1nccn1-c1ncnc(NCC)c1C(C)C. The van der Waals surface area contributed by atoms with E-state index in [2.05, 4.69) is 52.5 Å². The Balaban J connectivity index is 2.55. The molecule has 1 N–H and O–H groups in total. The van der Waals surface area contributed by atoms with Gasteiger partial charge in [-0.05, 0) is 19.3 Å². The molecule has 0 aliphatic carbocycles. The zero-order valence-electron chi connectivity index (χ0n) is 12.7. The van der Waals surface area contributed by atoms with Crippen molar-refractivity contribution in [1.29, 1.82) is 0 Å². The Morgan fingerprint density at radius 2 is 2.00 bits per heavy atom. The Hall–Kier alpha value is -1.91. The van der Waals surface area contributed by atoms with E-state index in [1.807, 2.05) is 12.4 Å². The van der Waals surface area contributed by atoms with Crippen molar-refractivity contribution in [1.82, 2.24) is 19.5 Å². The first kappa shape index (κ1) is 14.5. The molecule has 0 aromatic carbocycles. The van der Waals surface area contributed by atoms with Gasteiger partial charge in [-0.1, -0.05) is 20.8 Å². The molecule has 108 valence electrons. The molecule has 0 fully saturated rings. The molecule has 5 nitrogen and oxygen atoms in total. The van der Waals surface area contributed by atoms with Crippen molar-refractivity contribution in [2.75, 3.05) is 11.9 Å². The number of aromatic nitrogens is 4. The van der Waals surface area contributed by atoms with Crippen LogP contribution in [0.25, 0.3) is 5.82 Å². The van der Waals surface area contributed by atoms with E-state index >= 15 is 0 Å². The molecule has 2 heterocycles. The van der Waals surface area contributed by atoms with E-state index in [4.69, 9.17) is 0 Å². The van der Waals surface area contributed by atoms with Gasteiger partial charge in [-0.3, -0.25) is 4.57 Å². The van der Waals surface area contributed by atoms with Crippen LogP contribution in [0.2, 0.25) is 0 Å². The minimum atomic E-state index is 0.345. The maximum absolute atomic E-state index is 4.50. The van der Waals surface area contributed by atoms with Crippen molar-refractivity contribution in [3.8, 4) is 5.82 Å². The van der Waals surface area contributed by atoms with Crippen LogP contribution in [0.3, 0.4) is 0 Å². The molecule has 0 saturated heterocycles. The summed E-state index contributed by atoms with van der Waals surface area (Å²) in [5, 5.41) is 3.33. The third-order valence-electron chi connectivity index (χ3n) is 3.20. The van der Waals surface area contributed by atoms with Crippen molar-refractivity contribution in [2.24, 2.45) is 0 Å². The quantitative estimate of drug-likeness (QED) is 0.878. The van der Waals surface area contributed by atoms with Gasteiger partial charge < -0.3 is 5.32 Å². The summed E-state index contributed by atoms with van der Waals surface area (Å²) in [4.78, 5) is 13.3. The smallest absolute Gasteiger partial charge is 0.147 e. The van der Waals surface area contributed by atoms with Gasteiger partial charge >= 0.3 is 0 Å². The summed E-state index contributed by atoms with van der Waals surface area (Å²) in [6.07, 6.45) is 7.46. The minimum absolute atomic E-state index is 0.345. The maximum atomic E-state index is 4.50. The normalized spacial score (nSPS) is 11.1. The van der Waals surface area contributed by atoms with Crippen LogP contribution in [0.5, 0.6) is 0 Å². The molecule has 0 aliphatic heterocycles. The highest BCUT2D eigenvalue weighted by molar-refractivity contribution is 5.54. The number of imidazole rings is 1. The lowest BCUT2D eigenvalue weighted by atomic mass is 10.0. The number of aryl methyl sites for hydroxylation is 1. The molecule has 0 saturated carbocycles. The Bertz CT molecular complexity index is 559. The molecule has 0 amide bonds. The molecule has 20 heavy (non-hydrogen) atoms. The largest absolute Gasteiger partial charge is 0.370 e. The summed E-state index contributed by atoms with van der Waals surface area (Å²) < 4.78 is 2.08. The first-order valence-electron chi connectivity index (χ1n) is 7.30. The number of nitrogens with zero attached hydrogens (tertiary/aromatic N) is 4. The minimum Gasteiger partial charge on any atom is -0.370 e. The number of anilines is 1. The number of hydrogen-bond acceptors (Lipinski definition) is 4. The lowest BCUT2D eigenvalue weighted by molar-refractivity contribution is 0.766. The van der Waals surface area contributed by atoms with Crippen LogP contribution in [0.1, 0.15) is 51.4 Å². The molecule has 5 heteroatoms. The molecule has 0 atom stereocenters. The van der Waals surface area contributed by atoms with E-state index in [1.165, 1.54) is 0 Å². The van der Waals surface area contributed by atoms with Crippen LogP contribution in [0.15, 0.2) is 18.7 Å². The van der Waals surface area contributed by atoms with E-state index in [9.17, 15) is 0 Å². The number of rotatable bonds is 6. The van der Waals surface area contributed by atoms with Gasteiger partial charge in [0.1, 0.15) is 23.8 Å². The first-order valence-corrected chi connectivity index (χ1v) is 7.30. The Labute approximate surface area is 120 Å². The average molecular weight is 273 g/mol. The van der Waals surface area contributed by atoms with Gasteiger partial charge in [0.05, 0.1) is 0 Å². The van der Waals surface area contributed by atoms with E-state index in [0.29, 0.717) is 5.92 Å². The molecule has 2 aromatic rings. The summed E-state index contributed by atoms with van der Waals surface area (Å²) in [5.41, 5.74) is 1.14. The van der Waals surface area contributed by atoms with Crippen LogP contribution in [-0.4, -0.2) is 26.1 Å². The molecule has 2 rings (SSSR count). The molecule has 0 bridgehead atoms. The van der Waals surface area contributed by atoms with E-state index < -0.39 is 0 Å². The molecular weight excluding hydrogens is 250 g/mol. The lowest BCUT2D eigenvalue weighted by Crippen LogP contribution is -2.12. The van der Waals surface area contributed by atoms with Gasteiger partial charge in [0.25, 0.3) is 0 Å². The molecule has 0 unspecified atom stereocenters. The first-order chi connectivity index (χ1) is 9.69. The van der Waals surface area contributed by atoms with Crippen molar-refractivity contribution in [3.63, 3.8) is 0 Å². The second-order valence-electron chi connectivity index (χ2n) is 5.11. The standard InChI is InChI=1S/C15H23N5/c1-5-7-12-17-8-9-20(12)15-13(11(3)4)14(16-6-2)18-10-19-15/h8-11H,5-7H2,1-4H3,(H,16,18,19). The highest BCUT2D eigenvalue weighted by atomic mass is 15.1. The summed E-state index contributed by atoms with van der Waals surface area (Å²) >= 11 is 0. The second-order valence-corrected chi connectivity index (χ2v) is 5.11.